The number of carbonyl (C=O) groups excluding carboxylic acids is 2. The molecule has 0 aliphatic rings. The Morgan fingerprint density at radius 2 is 1.76 bits per heavy atom. The highest BCUT2D eigenvalue weighted by Crippen LogP contribution is 2.23. The van der Waals surface area contributed by atoms with Gasteiger partial charge in [-0.15, -0.1) is 0 Å². The van der Waals surface area contributed by atoms with Gasteiger partial charge in [0.2, 0.25) is 0 Å². The quantitative estimate of drug-likeness (QED) is 0.688. The van der Waals surface area contributed by atoms with Crippen LogP contribution in [0.4, 0.5) is 5.69 Å². The third-order valence-electron chi connectivity index (χ3n) is 4.48. The topological polar surface area (TPSA) is 84.7 Å². The molecule has 0 atom stereocenters. The van der Waals surface area contributed by atoms with Gasteiger partial charge in [0.05, 0.1) is 16.8 Å². The molecule has 0 bridgehead atoms. The lowest BCUT2D eigenvalue weighted by molar-refractivity contribution is 0.0827. The van der Waals surface area contributed by atoms with Crippen molar-refractivity contribution in [1.82, 2.24) is 10.1 Å². The Kier molecular flexibility index (Phi) is 5.97. The lowest BCUT2D eigenvalue weighted by Gasteiger charge is -2.13. The fourth-order valence-corrected chi connectivity index (χ4v) is 2.79. The minimum Gasteiger partial charge on any atom is -0.488 e. The highest BCUT2D eigenvalue weighted by atomic mass is 16.5. The number of hydrogen-bond acceptors (Lipinski definition) is 5. The van der Waals surface area contributed by atoms with E-state index in [9.17, 15) is 9.59 Å². The molecule has 1 heterocycles. The van der Waals surface area contributed by atoms with E-state index in [1.165, 1.54) is 4.90 Å². The molecule has 0 fully saturated rings. The van der Waals surface area contributed by atoms with E-state index < -0.39 is 0 Å². The zero-order chi connectivity index (χ0) is 21.0. The van der Waals surface area contributed by atoms with Crippen LogP contribution < -0.4 is 10.1 Å². The monoisotopic (exact) mass is 393 g/mol. The number of hydrogen-bond donors (Lipinski definition) is 1. The van der Waals surface area contributed by atoms with E-state index in [1.54, 1.807) is 62.6 Å². The number of nitrogens with zero attached hydrogens (tertiary/aromatic N) is 2. The average molecular weight is 393 g/mol. The number of benzene rings is 2. The molecule has 1 aromatic heterocycles. The second-order valence-corrected chi connectivity index (χ2v) is 6.82. The van der Waals surface area contributed by atoms with Crippen LogP contribution in [0.5, 0.6) is 5.75 Å². The van der Waals surface area contributed by atoms with Gasteiger partial charge in [-0.1, -0.05) is 17.3 Å². The van der Waals surface area contributed by atoms with E-state index in [-0.39, 0.29) is 18.4 Å². The molecule has 0 radical (unpaired) electrons. The van der Waals surface area contributed by atoms with Gasteiger partial charge in [-0.2, -0.15) is 0 Å². The molecule has 7 nitrogen and oxygen atoms in total. The molecule has 0 unspecified atom stereocenters. The van der Waals surface area contributed by atoms with E-state index >= 15 is 0 Å². The second kappa shape index (κ2) is 8.60. The number of anilines is 1. The SMILES string of the molecule is Cc1noc(C)c1COc1ccccc1C(=O)Nc1ccc(C(=O)N(C)C)cc1. The fraction of sp³-hybridized carbons (Fsp3) is 0.227. The van der Waals surface area contributed by atoms with Crippen molar-refractivity contribution in [3.63, 3.8) is 0 Å². The largest absolute Gasteiger partial charge is 0.488 e. The minimum absolute atomic E-state index is 0.0963. The summed E-state index contributed by atoms with van der Waals surface area (Å²) in [7, 11) is 3.38. The Morgan fingerprint density at radius 1 is 1.07 bits per heavy atom. The zero-order valence-corrected chi connectivity index (χ0v) is 16.9. The molecule has 150 valence electrons. The summed E-state index contributed by atoms with van der Waals surface area (Å²) in [6, 6.07) is 13.8. The number of carbonyl (C=O) groups is 2. The predicted octanol–water partition coefficient (Wildman–Crippen LogP) is 3.82. The summed E-state index contributed by atoms with van der Waals surface area (Å²) in [5.41, 5.74) is 3.17. The van der Waals surface area contributed by atoms with Gasteiger partial charge in [0.1, 0.15) is 18.1 Å². The Hall–Kier alpha value is -3.61. The van der Waals surface area contributed by atoms with E-state index in [0.29, 0.717) is 28.3 Å². The van der Waals surface area contributed by atoms with Crippen LogP contribution in [0, 0.1) is 13.8 Å². The van der Waals surface area contributed by atoms with Gasteiger partial charge < -0.3 is 19.5 Å². The molecule has 3 aromatic rings. The van der Waals surface area contributed by atoms with Crippen molar-refractivity contribution in [1.29, 1.82) is 0 Å². The molecule has 0 saturated carbocycles. The van der Waals surface area contributed by atoms with Crippen molar-refractivity contribution in [2.75, 3.05) is 19.4 Å². The van der Waals surface area contributed by atoms with Gasteiger partial charge in [0, 0.05) is 25.3 Å². The first-order valence-electron chi connectivity index (χ1n) is 9.13. The first kappa shape index (κ1) is 20.1. The minimum atomic E-state index is -0.300. The van der Waals surface area contributed by atoms with Gasteiger partial charge in [-0.25, -0.2) is 0 Å². The van der Waals surface area contributed by atoms with Gasteiger partial charge in [0.25, 0.3) is 11.8 Å². The van der Waals surface area contributed by atoms with Crippen molar-refractivity contribution in [2.45, 2.75) is 20.5 Å². The first-order valence-corrected chi connectivity index (χ1v) is 9.13. The number of amides is 2. The number of para-hydroxylation sites is 1. The molecule has 29 heavy (non-hydrogen) atoms. The van der Waals surface area contributed by atoms with Gasteiger partial charge in [-0.05, 0) is 50.2 Å². The molecule has 3 rings (SSSR count). The maximum atomic E-state index is 12.8. The molecule has 2 aromatic carbocycles. The van der Waals surface area contributed by atoms with Crippen LogP contribution in [0.2, 0.25) is 0 Å². The predicted molar refractivity (Wildman–Crippen MR) is 109 cm³/mol. The molecule has 0 saturated heterocycles. The Balaban J connectivity index is 1.72. The van der Waals surface area contributed by atoms with Gasteiger partial charge in [0.15, 0.2) is 0 Å². The maximum Gasteiger partial charge on any atom is 0.259 e. The van der Waals surface area contributed by atoms with Crippen LogP contribution in [0.3, 0.4) is 0 Å². The highest BCUT2D eigenvalue weighted by molar-refractivity contribution is 6.06. The summed E-state index contributed by atoms with van der Waals surface area (Å²) < 4.78 is 11.0. The summed E-state index contributed by atoms with van der Waals surface area (Å²) in [6.45, 7) is 3.92. The highest BCUT2D eigenvalue weighted by Gasteiger charge is 2.15. The van der Waals surface area contributed by atoms with Crippen LogP contribution in [-0.4, -0.2) is 36.0 Å². The molecule has 7 heteroatoms. The summed E-state index contributed by atoms with van der Waals surface area (Å²) in [5, 5.41) is 6.75. The smallest absolute Gasteiger partial charge is 0.259 e. The first-order chi connectivity index (χ1) is 13.9. The summed E-state index contributed by atoms with van der Waals surface area (Å²) in [6.07, 6.45) is 0. The van der Waals surface area contributed by atoms with Crippen LogP contribution in [0.25, 0.3) is 0 Å². The molecule has 1 N–H and O–H groups in total. The van der Waals surface area contributed by atoms with Crippen molar-refractivity contribution >= 4 is 17.5 Å². The van der Waals surface area contributed by atoms with E-state index in [2.05, 4.69) is 10.5 Å². The third-order valence-corrected chi connectivity index (χ3v) is 4.48. The normalized spacial score (nSPS) is 10.5. The Morgan fingerprint density at radius 3 is 2.38 bits per heavy atom. The Bertz CT molecular complexity index is 1000. The van der Waals surface area contributed by atoms with Gasteiger partial charge in [-0.3, -0.25) is 9.59 Å². The lowest BCUT2D eigenvalue weighted by atomic mass is 10.1. The summed E-state index contributed by atoms with van der Waals surface area (Å²) in [4.78, 5) is 26.2. The van der Waals surface area contributed by atoms with Crippen molar-refractivity contribution < 1.29 is 18.8 Å². The number of nitrogens with one attached hydrogen (secondary N) is 1. The number of rotatable bonds is 6. The standard InChI is InChI=1S/C22H23N3O4/c1-14-19(15(2)29-24-14)13-28-20-8-6-5-7-18(20)21(26)23-17-11-9-16(10-12-17)22(27)25(3)4/h5-12H,13H2,1-4H3,(H,23,26). The van der Waals surface area contributed by atoms with E-state index in [0.717, 1.165) is 11.3 Å². The number of ether oxygens (including phenoxy) is 1. The van der Waals surface area contributed by atoms with Crippen LogP contribution in [-0.2, 0) is 6.61 Å². The van der Waals surface area contributed by atoms with E-state index in [1.807, 2.05) is 13.8 Å². The maximum absolute atomic E-state index is 12.8. The van der Waals surface area contributed by atoms with Crippen molar-refractivity contribution in [2.24, 2.45) is 0 Å². The average Bonchev–Trinajstić information content (AvgIpc) is 3.04. The summed E-state index contributed by atoms with van der Waals surface area (Å²) >= 11 is 0. The van der Waals surface area contributed by atoms with Gasteiger partial charge >= 0.3 is 0 Å². The fourth-order valence-electron chi connectivity index (χ4n) is 2.79. The lowest BCUT2D eigenvalue weighted by Crippen LogP contribution is -2.21. The molecule has 2 amide bonds. The number of aryl methyl sites for hydroxylation is 2. The number of aromatic nitrogens is 1. The second-order valence-electron chi connectivity index (χ2n) is 6.82. The molecule has 0 spiro atoms. The van der Waals surface area contributed by atoms with E-state index in [4.69, 9.17) is 9.26 Å². The Labute approximate surface area is 169 Å². The molecule has 0 aliphatic carbocycles. The van der Waals surface area contributed by atoms with Crippen molar-refractivity contribution in [3.05, 3.63) is 76.7 Å². The molecular weight excluding hydrogens is 370 g/mol. The molecular formula is C22H23N3O4. The van der Waals surface area contributed by atoms with Crippen molar-refractivity contribution in [3.8, 4) is 5.75 Å². The third kappa shape index (κ3) is 4.63. The van der Waals surface area contributed by atoms with Crippen LogP contribution in [0.1, 0.15) is 37.7 Å². The van der Waals surface area contributed by atoms with Crippen LogP contribution >= 0.6 is 0 Å². The van der Waals surface area contributed by atoms with Crippen LogP contribution in [0.15, 0.2) is 53.1 Å². The zero-order valence-electron chi connectivity index (χ0n) is 16.9. The summed E-state index contributed by atoms with van der Waals surface area (Å²) in [5.74, 6) is 0.758. The molecule has 0 aliphatic heterocycles.